The Hall–Kier alpha value is -5.74. The first-order chi connectivity index (χ1) is 27.5. The number of benzene rings is 5. The maximum absolute atomic E-state index is 14.1. The molecule has 4 atom stereocenters. The normalized spacial score (nSPS) is 13.3. The summed E-state index contributed by atoms with van der Waals surface area (Å²) in [4.78, 5) is 61.9. The standard InChI is InChI=1S/C45H50N3O8P/c1-3-32(2)43(47-41(49)28-33-13-7-4-8-14-33)45(51)46-40(27-34-19-23-38(24-20-34)55-30-36-15-9-5-10-16-36)44(50)48-42(57(52,53)54)29-35-21-25-39(26-22-35)56-31-37-17-11-6-12-18-37/h4-26,32,40,42-43H,3,27-31H2,1-2H3,(H,46,51)(H,47,49)(H,48,50)(H2,52,53,54)/t32-,40-,42+,43-/m0/s1. The summed E-state index contributed by atoms with van der Waals surface area (Å²) in [5, 5.41) is 8.18. The third-order valence-electron chi connectivity index (χ3n) is 9.58. The average molecular weight is 792 g/mol. The summed E-state index contributed by atoms with van der Waals surface area (Å²) in [6.45, 7) is 4.44. The van der Waals surface area contributed by atoms with E-state index in [-0.39, 0.29) is 31.1 Å². The van der Waals surface area contributed by atoms with Crippen molar-refractivity contribution in [2.75, 3.05) is 0 Å². The van der Waals surface area contributed by atoms with Crippen LogP contribution in [0, 0.1) is 5.92 Å². The molecular formula is C45H50N3O8P. The molecule has 5 aromatic carbocycles. The van der Waals surface area contributed by atoms with E-state index < -0.39 is 37.3 Å². The van der Waals surface area contributed by atoms with E-state index in [9.17, 15) is 28.7 Å². The van der Waals surface area contributed by atoms with Crippen LogP contribution in [0.2, 0.25) is 0 Å². The molecule has 3 amide bonds. The van der Waals surface area contributed by atoms with Gasteiger partial charge in [0.1, 0.15) is 42.6 Å². The minimum absolute atomic E-state index is 0.0109. The molecule has 0 heterocycles. The van der Waals surface area contributed by atoms with E-state index in [1.165, 1.54) is 0 Å². The Morgan fingerprint density at radius 3 is 1.49 bits per heavy atom. The van der Waals surface area contributed by atoms with Gasteiger partial charge in [0.05, 0.1) is 6.42 Å². The largest absolute Gasteiger partial charge is 0.489 e. The van der Waals surface area contributed by atoms with Crippen LogP contribution in [0.5, 0.6) is 11.5 Å². The molecule has 298 valence electrons. The number of hydrogen-bond acceptors (Lipinski definition) is 6. The van der Waals surface area contributed by atoms with Crippen molar-refractivity contribution >= 4 is 25.3 Å². The van der Waals surface area contributed by atoms with E-state index in [0.29, 0.717) is 42.3 Å². The van der Waals surface area contributed by atoms with E-state index in [1.54, 1.807) is 48.5 Å². The molecule has 0 saturated heterocycles. The summed E-state index contributed by atoms with van der Waals surface area (Å²) < 4.78 is 24.6. The van der Waals surface area contributed by atoms with Crippen molar-refractivity contribution in [3.05, 3.63) is 167 Å². The van der Waals surface area contributed by atoms with Crippen molar-refractivity contribution in [2.45, 2.75) is 70.6 Å². The van der Waals surface area contributed by atoms with Gasteiger partial charge in [0.25, 0.3) is 0 Å². The average Bonchev–Trinajstić information content (AvgIpc) is 3.22. The molecule has 0 spiro atoms. The number of hydrogen-bond donors (Lipinski definition) is 5. The summed E-state index contributed by atoms with van der Waals surface area (Å²) in [7, 11) is -4.90. The van der Waals surface area contributed by atoms with Crippen molar-refractivity contribution in [3.8, 4) is 11.5 Å². The van der Waals surface area contributed by atoms with Gasteiger partial charge in [-0.25, -0.2) is 0 Å². The highest BCUT2D eigenvalue weighted by Crippen LogP contribution is 2.41. The van der Waals surface area contributed by atoms with E-state index in [0.717, 1.165) is 16.7 Å². The highest BCUT2D eigenvalue weighted by atomic mass is 31.2. The third kappa shape index (κ3) is 13.8. The maximum atomic E-state index is 14.1. The van der Waals surface area contributed by atoms with E-state index in [2.05, 4.69) is 16.0 Å². The predicted molar refractivity (Wildman–Crippen MR) is 219 cm³/mol. The molecule has 0 bridgehead atoms. The molecule has 0 aliphatic heterocycles. The summed E-state index contributed by atoms with van der Waals surface area (Å²) >= 11 is 0. The van der Waals surface area contributed by atoms with Crippen molar-refractivity contribution in [1.82, 2.24) is 16.0 Å². The van der Waals surface area contributed by atoms with Crippen molar-refractivity contribution in [1.29, 1.82) is 0 Å². The molecule has 5 aromatic rings. The van der Waals surface area contributed by atoms with Gasteiger partial charge >= 0.3 is 7.60 Å². The van der Waals surface area contributed by atoms with E-state index >= 15 is 0 Å². The van der Waals surface area contributed by atoms with Crippen LogP contribution in [0.3, 0.4) is 0 Å². The van der Waals surface area contributed by atoms with Gasteiger partial charge in [-0.3, -0.25) is 18.9 Å². The van der Waals surface area contributed by atoms with Gasteiger partial charge in [-0.05, 0) is 58.0 Å². The van der Waals surface area contributed by atoms with Crippen LogP contribution in [0.15, 0.2) is 140 Å². The van der Waals surface area contributed by atoms with Gasteiger partial charge < -0.3 is 35.2 Å². The summed E-state index contributed by atoms with van der Waals surface area (Å²) in [6.07, 6.45) is 0.423. The van der Waals surface area contributed by atoms with Crippen LogP contribution in [-0.4, -0.2) is 45.4 Å². The lowest BCUT2D eigenvalue weighted by atomic mass is 9.96. The zero-order valence-electron chi connectivity index (χ0n) is 32.1. The van der Waals surface area contributed by atoms with Gasteiger partial charge in [-0.15, -0.1) is 0 Å². The Labute approximate surface area is 334 Å². The second-order valence-electron chi connectivity index (χ2n) is 14.0. The Morgan fingerprint density at radius 2 is 1.04 bits per heavy atom. The van der Waals surface area contributed by atoms with Crippen LogP contribution < -0.4 is 25.4 Å². The molecule has 0 aliphatic rings. The first-order valence-electron chi connectivity index (χ1n) is 19.0. The molecule has 0 aliphatic carbocycles. The zero-order valence-corrected chi connectivity index (χ0v) is 33.0. The smallest absolute Gasteiger partial charge is 0.347 e. The number of carbonyl (C=O) groups is 3. The minimum Gasteiger partial charge on any atom is -0.489 e. The molecule has 0 unspecified atom stereocenters. The Kier molecular flexibility index (Phi) is 15.6. The fourth-order valence-corrected chi connectivity index (χ4v) is 6.83. The molecule has 12 heteroatoms. The number of ether oxygens (including phenoxy) is 2. The molecule has 0 fully saturated rings. The third-order valence-corrected chi connectivity index (χ3v) is 10.7. The Bertz CT molecular complexity index is 2060. The Morgan fingerprint density at radius 1 is 0.579 bits per heavy atom. The first kappa shape index (κ1) is 42.4. The summed E-state index contributed by atoms with van der Waals surface area (Å²) in [5.41, 5.74) is 3.99. The number of amides is 3. The summed E-state index contributed by atoms with van der Waals surface area (Å²) in [5.74, 6) is -2.45. The van der Waals surface area contributed by atoms with Crippen LogP contribution in [0.1, 0.15) is 48.1 Å². The number of rotatable bonds is 20. The summed E-state index contributed by atoms with van der Waals surface area (Å²) in [6, 6.07) is 40.1. The number of carbonyl (C=O) groups excluding carboxylic acids is 3. The van der Waals surface area contributed by atoms with Crippen molar-refractivity contribution in [2.24, 2.45) is 5.92 Å². The molecule has 11 nitrogen and oxygen atoms in total. The van der Waals surface area contributed by atoms with Gasteiger partial charge in [0.2, 0.25) is 17.7 Å². The van der Waals surface area contributed by atoms with Gasteiger partial charge in [-0.1, -0.05) is 136 Å². The second kappa shape index (κ2) is 21.0. The molecule has 0 radical (unpaired) electrons. The monoisotopic (exact) mass is 791 g/mol. The molecule has 5 rings (SSSR count). The molecular weight excluding hydrogens is 741 g/mol. The first-order valence-corrected chi connectivity index (χ1v) is 20.7. The van der Waals surface area contributed by atoms with E-state index in [1.807, 2.05) is 105 Å². The Balaban J connectivity index is 1.31. The minimum atomic E-state index is -4.90. The lowest BCUT2D eigenvalue weighted by molar-refractivity contribution is -0.133. The molecule has 0 saturated carbocycles. The predicted octanol–water partition coefficient (Wildman–Crippen LogP) is 6.51. The quantitative estimate of drug-likeness (QED) is 0.0558. The second-order valence-corrected chi connectivity index (χ2v) is 15.8. The molecule has 5 N–H and O–H groups in total. The maximum Gasteiger partial charge on any atom is 0.347 e. The molecule has 57 heavy (non-hydrogen) atoms. The van der Waals surface area contributed by atoms with Gasteiger partial charge in [-0.2, -0.15) is 0 Å². The molecule has 0 aromatic heterocycles. The van der Waals surface area contributed by atoms with Crippen LogP contribution >= 0.6 is 7.60 Å². The van der Waals surface area contributed by atoms with Crippen molar-refractivity contribution < 1.29 is 38.2 Å². The fraction of sp³-hybridized carbons (Fsp3) is 0.267. The van der Waals surface area contributed by atoms with Crippen LogP contribution in [0.4, 0.5) is 0 Å². The highest BCUT2D eigenvalue weighted by molar-refractivity contribution is 7.52. The fourth-order valence-electron chi connectivity index (χ4n) is 6.08. The zero-order chi connectivity index (χ0) is 40.6. The van der Waals surface area contributed by atoms with Crippen LogP contribution in [-0.2, 0) is 51.4 Å². The van der Waals surface area contributed by atoms with Gasteiger partial charge in [0.15, 0.2) is 0 Å². The highest BCUT2D eigenvalue weighted by Gasteiger charge is 2.35. The number of nitrogens with one attached hydrogen (secondary N) is 3. The lowest BCUT2D eigenvalue weighted by Crippen LogP contribution is -2.57. The van der Waals surface area contributed by atoms with Crippen molar-refractivity contribution in [3.63, 3.8) is 0 Å². The SMILES string of the molecule is CC[C@H](C)[C@H](NC(=O)Cc1ccccc1)C(=O)N[C@@H](Cc1ccc(OCc2ccccc2)cc1)C(=O)N[C@@H](Cc1ccc(OCc2ccccc2)cc1)P(=O)(O)O. The van der Waals surface area contributed by atoms with Gasteiger partial charge in [0, 0.05) is 12.8 Å². The van der Waals surface area contributed by atoms with E-state index in [4.69, 9.17) is 9.47 Å². The topological polar surface area (TPSA) is 163 Å². The lowest BCUT2D eigenvalue weighted by Gasteiger charge is -2.28. The van der Waals surface area contributed by atoms with Crippen LogP contribution in [0.25, 0.3) is 0 Å².